The van der Waals surface area contributed by atoms with E-state index in [4.69, 9.17) is 16.3 Å². The van der Waals surface area contributed by atoms with Crippen LogP contribution < -0.4 is 10.1 Å². The average molecular weight is 506 g/mol. The molecule has 0 radical (unpaired) electrons. The average Bonchev–Trinajstić information content (AvgIpc) is 2.86. The molecule has 0 saturated carbocycles. The second-order valence-electron chi connectivity index (χ2n) is 8.96. The van der Waals surface area contributed by atoms with Gasteiger partial charge in [0.05, 0.1) is 17.7 Å². The zero-order valence-electron chi connectivity index (χ0n) is 19.5. The number of hydrogen-bond donors (Lipinski definition) is 1. The molecule has 0 aliphatic carbocycles. The first-order valence-electron chi connectivity index (χ1n) is 11.8. The van der Waals surface area contributed by atoms with Gasteiger partial charge in [-0.15, -0.1) is 0 Å². The number of nitrogens with one attached hydrogen (secondary N) is 1. The molecule has 2 aromatic rings. The van der Waals surface area contributed by atoms with E-state index in [9.17, 15) is 13.2 Å². The second kappa shape index (κ2) is 11.1. The SMILES string of the molecule is COc1ccc(S(=O)(=O)N2CCCCC2)cc1NC(=O)C1CCN(Cc2ccccc2Cl)CC1. The Labute approximate surface area is 207 Å². The fourth-order valence-electron chi connectivity index (χ4n) is 4.66. The number of sulfonamides is 1. The highest BCUT2D eigenvalue weighted by Gasteiger charge is 2.29. The molecule has 1 amide bonds. The quantitative estimate of drug-likeness (QED) is 0.604. The molecule has 2 aliphatic rings. The van der Waals surface area contributed by atoms with Crippen LogP contribution in [0.1, 0.15) is 37.7 Å². The Morgan fingerprint density at radius 2 is 1.76 bits per heavy atom. The molecule has 4 rings (SSSR count). The van der Waals surface area contributed by atoms with Crippen molar-refractivity contribution >= 4 is 33.2 Å². The summed E-state index contributed by atoms with van der Waals surface area (Å²) in [6, 6.07) is 12.5. The van der Waals surface area contributed by atoms with Crippen molar-refractivity contribution in [3.05, 3.63) is 53.1 Å². The standard InChI is InChI=1S/C25H32ClN3O4S/c1-33-24-10-9-21(34(31,32)29-13-5-2-6-14-29)17-23(24)27-25(30)19-11-15-28(16-12-19)18-20-7-3-4-8-22(20)26/h3-4,7-10,17,19H,2,5-6,11-16,18H2,1H3,(H,27,30). The summed E-state index contributed by atoms with van der Waals surface area (Å²) < 4.78 is 33.1. The molecule has 9 heteroatoms. The first kappa shape index (κ1) is 25.0. The highest BCUT2D eigenvalue weighted by Crippen LogP contribution is 2.31. The number of ether oxygens (including phenoxy) is 1. The van der Waals surface area contributed by atoms with Gasteiger partial charge >= 0.3 is 0 Å². The van der Waals surface area contributed by atoms with E-state index in [1.807, 2.05) is 24.3 Å². The summed E-state index contributed by atoms with van der Waals surface area (Å²) in [5.74, 6) is 0.194. The fourth-order valence-corrected chi connectivity index (χ4v) is 6.39. The molecule has 2 saturated heterocycles. The Balaban J connectivity index is 1.40. The molecular weight excluding hydrogens is 474 g/mol. The van der Waals surface area contributed by atoms with Crippen molar-refractivity contribution in [3.63, 3.8) is 0 Å². The zero-order valence-corrected chi connectivity index (χ0v) is 21.1. The highest BCUT2D eigenvalue weighted by atomic mass is 35.5. The normalized spacial score (nSPS) is 18.5. The maximum Gasteiger partial charge on any atom is 0.243 e. The molecule has 7 nitrogen and oxygen atoms in total. The third-order valence-corrected chi connectivity index (χ3v) is 8.96. The Kier molecular flexibility index (Phi) is 8.14. The monoisotopic (exact) mass is 505 g/mol. The van der Waals surface area contributed by atoms with Crippen LogP contribution in [-0.2, 0) is 21.4 Å². The summed E-state index contributed by atoms with van der Waals surface area (Å²) in [4.78, 5) is 15.5. The van der Waals surface area contributed by atoms with Gasteiger partial charge in [-0.2, -0.15) is 4.31 Å². The minimum Gasteiger partial charge on any atom is -0.495 e. The lowest BCUT2D eigenvalue weighted by molar-refractivity contribution is -0.121. The predicted octanol–water partition coefficient (Wildman–Crippen LogP) is 4.37. The number of nitrogens with zero attached hydrogens (tertiary/aromatic N) is 2. The van der Waals surface area contributed by atoms with Gasteiger partial charge in [0.1, 0.15) is 5.75 Å². The number of anilines is 1. The van der Waals surface area contributed by atoms with Crippen molar-refractivity contribution in [2.24, 2.45) is 5.92 Å². The van der Waals surface area contributed by atoms with Crippen LogP contribution in [0.5, 0.6) is 5.75 Å². The molecule has 0 aromatic heterocycles. The van der Waals surface area contributed by atoms with E-state index in [0.29, 0.717) is 24.5 Å². The van der Waals surface area contributed by atoms with Crippen LogP contribution >= 0.6 is 11.6 Å². The number of hydrogen-bond acceptors (Lipinski definition) is 5. The van der Waals surface area contributed by atoms with Crippen molar-refractivity contribution in [2.45, 2.75) is 43.5 Å². The number of carbonyl (C=O) groups is 1. The Hall–Kier alpha value is -2.13. The molecule has 1 N–H and O–H groups in total. The molecular formula is C25H32ClN3O4S. The number of carbonyl (C=O) groups excluding carboxylic acids is 1. The Morgan fingerprint density at radius 3 is 2.44 bits per heavy atom. The predicted molar refractivity (Wildman–Crippen MR) is 134 cm³/mol. The van der Waals surface area contributed by atoms with Gasteiger partial charge in [-0.25, -0.2) is 8.42 Å². The van der Waals surface area contributed by atoms with Gasteiger partial charge in [0.2, 0.25) is 15.9 Å². The fraction of sp³-hybridized carbons (Fsp3) is 0.480. The van der Waals surface area contributed by atoms with Crippen LogP contribution in [0.3, 0.4) is 0 Å². The van der Waals surface area contributed by atoms with E-state index in [0.717, 1.165) is 62.3 Å². The number of piperidine rings is 2. The minimum atomic E-state index is -3.60. The number of benzene rings is 2. The van der Waals surface area contributed by atoms with Crippen LogP contribution in [0.15, 0.2) is 47.4 Å². The summed E-state index contributed by atoms with van der Waals surface area (Å²) in [5, 5.41) is 3.69. The van der Waals surface area contributed by atoms with Crippen LogP contribution in [-0.4, -0.2) is 56.8 Å². The Bertz CT molecular complexity index is 1110. The molecule has 0 spiro atoms. The topological polar surface area (TPSA) is 79.0 Å². The van der Waals surface area contributed by atoms with Gasteiger partial charge < -0.3 is 10.1 Å². The van der Waals surface area contributed by atoms with Crippen LogP contribution in [0.4, 0.5) is 5.69 Å². The molecule has 2 fully saturated rings. The third-order valence-electron chi connectivity index (χ3n) is 6.69. The number of amides is 1. The van der Waals surface area contributed by atoms with Crippen molar-refractivity contribution in [2.75, 3.05) is 38.6 Å². The Morgan fingerprint density at radius 1 is 1.06 bits per heavy atom. The maximum absolute atomic E-state index is 13.1. The molecule has 34 heavy (non-hydrogen) atoms. The second-order valence-corrected chi connectivity index (χ2v) is 11.3. The summed E-state index contributed by atoms with van der Waals surface area (Å²) in [7, 11) is -2.09. The van der Waals surface area contributed by atoms with Gasteiger partial charge in [-0.3, -0.25) is 9.69 Å². The van der Waals surface area contributed by atoms with Gasteiger partial charge in [-0.05, 0) is 68.6 Å². The number of methoxy groups -OCH3 is 1. The maximum atomic E-state index is 13.1. The van der Waals surface area contributed by atoms with E-state index >= 15 is 0 Å². The molecule has 0 atom stereocenters. The molecule has 2 aliphatic heterocycles. The molecule has 184 valence electrons. The van der Waals surface area contributed by atoms with Crippen molar-refractivity contribution < 1.29 is 17.9 Å². The molecule has 2 aromatic carbocycles. The summed E-state index contributed by atoms with van der Waals surface area (Å²) in [6.07, 6.45) is 4.24. The molecule has 0 bridgehead atoms. The van der Waals surface area contributed by atoms with Crippen molar-refractivity contribution in [1.82, 2.24) is 9.21 Å². The first-order valence-corrected chi connectivity index (χ1v) is 13.6. The highest BCUT2D eigenvalue weighted by molar-refractivity contribution is 7.89. The zero-order chi connectivity index (χ0) is 24.1. The number of halogens is 1. The smallest absolute Gasteiger partial charge is 0.243 e. The van der Waals surface area contributed by atoms with Crippen molar-refractivity contribution in [1.29, 1.82) is 0 Å². The minimum absolute atomic E-state index is 0.108. The van der Waals surface area contributed by atoms with E-state index in [1.165, 1.54) is 17.5 Å². The van der Waals surface area contributed by atoms with Crippen LogP contribution in [0.2, 0.25) is 5.02 Å². The van der Waals surface area contributed by atoms with E-state index in [-0.39, 0.29) is 16.7 Å². The largest absolute Gasteiger partial charge is 0.495 e. The number of likely N-dealkylation sites (tertiary alicyclic amines) is 1. The lowest BCUT2D eigenvalue weighted by Crippen LogP contribution is -2.38. The van der Waals surface area contributed by atoms with Gasteiger partial charge in [-0.1, -0.05) is 36.2 Å². The summed E-state index contributed by atoms with van der Waals surface area (Å²) in [6.45, 7) is 3.41. The first-order chi connectivity index (χ1) is 16.4. The number of rotatable bonds is 7. The lowest BCUT2D eigenvalue weighted by Gasteiger charge is -2.31. The summed E-state index contributed by atoms with van der Waals surface area (Å²) >= 11 is 6.29. The van der Waals surface area contributed by atoms with Crippen LogP contribution in [0.25, 0.3) is 0 Å². The van der Waals surface area contributed by atoms with Gasteiger partial charge in [0.15, 0.2) is 0 Å². The van der Waals surface area contributed by atoms with Crippen molar-refractivity contribution in [3.8, 4) is 5.75 Å². The third kappa shape index (κ3) is 5.74. The van der Waals surface area contributed by atoms with E-state index in [1.54, 1.807) is 12.1 Å². The van der Waals surface area contributed by atoms with E-state index in [2.05, 4.69) is 10.2 Å². The van der Waals surface area contributed by atoms with Gasteiger partial charge in [0.25, 0.3) is 0 Å². The lowest BCUT2D eigenvalue weighted by atomic mass is 9.95. The van der Waals surface area contributed by atoms with Gasteiger partial charge in [0, 0.05) is 30.6 Å². The molecule has 2 heterocycles. The summed E-state index contributed by atoms with van der Waals surface area (Å²) in [5.41, 5.74) is 1.48. The van der Waals surface area contributed by atoms with E-state index < -0.39 is 10.0 Å². The van der Waals surface area contributed by atoms with Crippen LogP contribution in [0, 0.1) is 5.92 Å². The molecule has 0 unspecified atom stereocenters.